The molecule has 2 nitrogen and oxygen atoms in total. The van der Waals surface area contributed by atoms with Gasteiger partial charge < -0.3 is 4.90 Å². The van der Waals surface area contributed by atoms with Gasteiger partial charge in [0.15, 0.2) is 11.6 Å². The summed E-state index contributed by atoms with van der Waals surface area (Å²) >= 11 is 0. The van der Waals surface area contributed by atoms with Gasteiger partial charge in [0.2, 0.25) is 5.91 Å². The summed E-state index contributed by atoms with van der Waals surface area (Å²) in [4.78, 5) is 13.2. The van der Waals surface area contributed by atoms with Gasteiger partial charge >= 0.3 is 0 Å². The Balaban J connectivity index is 2.16. The fraction of sp³-hybridized carbons (Fsp3) is 0.462. The first-order valence-electron chi connectivity index (χ1n) is 5.94. The van der Waals surface area contributed by atoms with E-state index in [1.54, 1.807) is 6.92 Å². The lowest BCUT2D eigenvalue weighted by Crippen LogP contribution is -2.42. The Morgan fingerprint density at radius 3 is 2.50 bits per heavy atom. The fourth-order valence-corrected chi connectivity index (χ4v) is 3.05. The van der Waals surface area contributed by atoms with Crippen molar-refractivity contribution in [2.75, 3.05) is 0 Å². The molecule has 1 aromatic rings. The highest BCUT2D eigenvalue weighted by molar-refractivity contribution is 5.80. The van der Waals surface area contributed by atoms with Gasteiger partial charge in [-0.05, 0) is 36.6 Å². The molecular weight excluding hydrogens is 243 g/mol. The van der Waals surface area contributed by atoms with Gasteiger partial charge in [0, 0.05) is 6.42 Å². The van der Waals surface area contributed by atoms with Gasteiger partial charge in [-0.2, -0.15) is 0 Å². The summed E-state index contributed by atoms with van der Waals surface area (Å²) in [5.74, 6) is -2.16. The maximum Gasteiger partial charge on any atom is 0.223 e. The molecule has 1 fully saturated rings. The molecule has 3 atom stereocenters. The SMILES string of the molecule is C[C@H]1c2cc(F)c(F)cc2[C@@H](F)[C@H]2CCC(=O)N21. The van der Waals surface area contributed by atoms with Crippen LogP contribution in [0, 0.1) is 11.6 Å². The van der Waals surface area contributed by atoms with Crippen molar-refractivity contribution in [2.45, 2.75) is 38.0 Å². The minimum absolute atomic E-state index is 0.120. The second-order valence-electron chi connectivity index (χ2n) is 4.88. The smallest absolute Gasteiger partial charge is 0.223 e. The Kier molecular flexibility index (Phi) is 2.40. The molecule has 0 radical (unpaired) electrons. The van der Waals surface area contributed by atoms with Crippen LogP contribution in [0.2, 0.25) is 0 Å². The monoisotopic (exact) mass is 255 g/mol. The van der Waals surface area contributed by atoms with Crippen LogP contribution in [0.1, 0.15) is 43.1 Å². The first-order valence-corrected chi connectivity index (χ1v) is 5.94. The van der Waals surface area contributed by atoms with Crippen molar-refractivity contribution < 1.29 is 18.0 Å². The highest BCUT2D eigenvalue weighted by Crippen LogP contribution is 2.46. The molecule has 3 rings (SSSR count). The number of rotatable bonds is 0. The van der Waals surface area contributed by atoms with Crippen LogP contribution in [-0.4, -0.2) is 16.8 Å². The predicted molar refractivity (Wildman–Crippen MR) is 58.5 cm³/mol. The second kappa shape index (κ2) is 3.73. The largest absolute Gasteiger partial charge is 0.330 e. The van der Waals surface area contributed by atoms with Crippen molar-refractivity contribution in [3.05, 3.63) is 34.9 Å². The number of hydrogen-bond acceptors (Lipinski definition) is 1. The molecule has 0 bridgehead atoms. The molecule has 96 valence electrons. The number of fused-ring (bicyclic) bond motifs is 2. The summed E-state index contributed by atoms with van der Waals surface area (Å²) in [7, 11) is 0. The van der Waals surface area contributed by atoms with E-state index in [0.29, 0.717) is 18.4 Å². The first kappa shape index (κ1) is 11.6. The molecule has 0 aromatic heterocycles. The third-order valence-electron chi connectivity index (χ3n) is 3.93. The summed E-state index contributed by atoms with van der Waals surface area (Å²) in [6, 6.07) is 0.988. The summed E-state index contributed by atoms with van der Waals surface area (Å²) in [5.41, 5.74) is 0.547. The molecule has 0 N–H and O–H groups in total. The molecule has 0 aliphatic carbocycles. The number of carbonyl (C=O) groups excluding carboxylic acids is 1. The van der Waals surface area contributed by atoms with Crippen LogP contribution in [0.25, 0.3) is 0 Å². The molecule has 0 saturated carbocycles. The van der Waals surface area contributed by atoms with E-state index in [-0.39, 0.29) is 11.5 Å². The Morgan fingerprint density at radius 1 is 1.22 bits per heavy atom. The second-order valence-corrected chi connectivity index (χ2v) is 4.88. The molecule has 1 amide bonds. The van der Waals surface area contributed by atoms with Crippen LogP contribution < -0.4 is 0 Å². The van der Waals surface area contributed by atoms with Crippen LogP contribution in [-0.2, 0) is 4.79 Å². The van der Waals surface area contributed by atoms with E-state index in [1.165, 1.54) is 4.90 Å². The Bertz CT molecular complexity index is 531. The Morgan fingerprint density at radius 2 is 1.83 bits per heavy atom. The summed E-state index contributed by atoms with van der Waals surface area (Å²) in [5, 5.41) is 0. The summed E-state index contributed by atoms with van der Waals surface area (Å²) in [6.07, 6.45) is -0.699. The van der Waals surface area contributed by atoms with Gasteiger partial charge in [0.05, 0.1) is 12.1 Å². The molecule has 0 unspecified atom stereocenters. The van der Waals surface area contributed by atoms with Gasteiger partial charge in [-0.25, -0.2) is 13.2 Å². The van der Waals surface area contributed by atoms with E-state index in [1.807, 2.05) is 0 Å². The molecule has 1 saturated heterocycles. The van der Waals surface area contributed by atoms with Crippen LogP contribution in [0.3, 0.4) is 0 Å². The van der Waals surface area contributed by atoms with Crippen LogP contribution in [0.4, 0.5) is 13.2 Å². The van der Waals surface area contributed by atoms with Crippen molar-refractivity contribution in [1.82, 2.24) is 4.90 Å². The normalized spacial score (nSPS) is 30.3. The standard InChI is InChI=1S/C13H12F3NO/c1-6-7-4-9(14)10(15)5-8(7)13(16)11-2-3-12(18)17(6)11/h4-6,11,13H,2-3H2,1H3/t6-,11+,13+/m0/s1. The lowest BCUT2D eigenvalue weighted by atomic mass is 9.88. The minimum Gasteiger partial charge on any atom is -0.330 e. The third kappa shape index (κ3) is 1.39. The van der Waals surface area contributed by atoms with Crippen molar-refractivity contribution in [3.63, 3.8) is 0 Å². The van der Waals surface area contributed by atoms with Crippen LogP contribution in [0.15, 0.2) is 12.1 Å². The Labute approximate surface area is 102 Å². The molecule has 2 aliphatic rings. The van der Waals surface area contributed by atoms with Gasteiger partial charge in [-0.3, -0.25) is 4.79 Å². The minimum atomic E-state index is -1.43. The van der Waals surface area contributed by atoms with E-state index < -0.39 is 29.9 Å². The quantitative estimate of drug-likeness (QED) is 0.697. The average molecular weight is 255 g/mol. The zero-order chi connectivity index (χ0) is 13.0. The average Bonchev–Trinajstić information content (AvgIpc) is 2.71. The molecule has 2 heterocycles. The number of hydrogen-bond donors (Lipinski definition) is 0. The maximum atomic E-state index is 14.3. The molecule has 1 aromatic carbocycles. The lowest BCUT2D eigenvalue weighted by molar-refractivity contribution is -0.132. The van der Waals surface area contributed by atoms with Crippen molar-refractivity contribution in [3.8, 4) is 0 Å². The van der Waals surface area contributed by atoms with Crippen molar-refractivity contribution in [1.29, 1.82) is 0 Å². The van der Waals surface area contributed by atoms with E-state index in [9.17, 15) is 18.0 Å². The van der Waals surface area contributed by atoms with Gasteiger partial charge in [0.1, 0.15) is 6.17 Å². The molecule has 18 heavy (non-hydrogen) atoms. The van der Waals surface area contributed by atoms with E-state index in [2.05, 4.69) is 0 Å². The van der Waals surface area contributed by atoms with Crippen LogP contribution >= 0.6 is 0 Å². The number of benzene rings is 1. The first-order chi connectivity index (χ1) is 8.50. The zero-order valence-electron chi connectivity index (χ0n) is 9.79. The number of alkyl halides is 1. The van der Waals surface area contributed by atoms with Crippen molar-refractivity contribution >= 4 is 5.91 Å². The van der Waals surface area contributed by atoms with Gasteiger partial charge in [-0.1, -0.05) is 0 Å². The zero-order valence-corrected chi connectivity index (χ0v) is 9.79. The molecule has 2 aliphatic heterocycles. The van der Waals surface area contributed by atoms with Crippen molar-refractivity contribution in [2.24, 2.45) is 0 Å². The molecular formula is C13H12F3NO. The highest BCUT2D eigenvalue weighted by atomic mass is 19.2. The number of carbonyl (C=O) groups is 1. The summed E-state index contributed by atoms with van der Waals surface area (Å²) in [6.45, 7) is 1.72. The summed E-state index contributed by atoms with van der Waals surface area (Å²) < 4.78 is 40.8. The maximum absolute atomic E-state index is 14.3. The number of amides is 1. The fourth-order valence-electron chi connectivity index (χ4n) is 3.05. The third-order valence-corrected chi connectivity index (χ3v) is 3.93. The Hall–Kier alpha value is -1.52. The van der Waals surface area contributed by atoms with Gasteiger partial charge in [-0.15, -0.1) is 0 Å². The van der Waals surface area contributed by atoms with Crippen LogP contribution in [0.5, 0.6) is 0 Å². The van der Waals surface area contributed by atoms with E-state index >= 15 is 0 Å². The number of nitrogens with zero attached hydrogens (tertiary/aromatic N) is 1. The van der Waals surface area contributed by atoms with Gasteiger partial charge in [0.25, 0.3) is 0 Å². The number of halogens is 3. The predicted octanol–water partition coefficient (Wildman–Crippen LogP) is 3.04. The van der Waals surface area contributed by atoms with E-state index in [0.717, 1.165) is 12.1 Å². The van der Waals surface area contributed by atoms with E-state index in [4.69, 9.17) is 0 Å². The topological polar surface area (TPSA) is 20.3 Å². The molecule has 5 heteroatoms. The lowest BCUT2D eigenvalue weighted by Gasteiger charge is -2.39. The molecule has 0 spiro atoms. The highest BCUT2D eigenvalue weighted by Gasteiger charge is 2.45.